The number of fused-ring (bicyclic) bond motifs is 3. The number of benzene rings is 3. The number of hydrogen-bond acceptors (Lipinski definition) is 6. The normalized spacial score (nSPS) is 12.4. The van der Waals surface area contributed by atoms with Crippen molar-refractivity contribution in [2.45, 2.75) is 33.1 Å². The van der Waals surface area contributed by atoms with E-state index in [1.54, 1.807) is 4.40 Å². The van der Waals surface area contributed by atoms with Crippen LogP contribution in [0.15, 0.2) is 71.5 Å². The van der Waals surface area contributed by atoms with Gasteiger partial charge < -0.3 is 14.2 Å². The van der Waals surface area contributed by atoms with E-state index < -0.39 is 0 Å². The van der Waals surface area contributed by atoms with Crippen LogP contribution >= 0.6 is 11.3 Å². The maximum absolute atomic E-state index is 13.1. The molecule has 0 spiro atoms. The van der Waals surface area contributed by atoms with E-state index in [2.05, 4.69) is 37.9 Å². The van der Waals surface area contributed by atoms with Crippen molar-refractivity contribution in [3.8, 4) is 17.2 Å². The Kier molecular flexibility index (Phi) is 6.89. The van der Waals surface area contributed by atoms with E-state index in [0.717, 1.165) is 22.3 Å². The van der Waals surface area contributed by atoms with E-state index in [-0.39, 0.29) is 11.0 Å². The molecule has 0 bridgehead atoms. The highest BCUT2D eigenvalue weighted by Crippen LogP contribution is 2.29. The van der Waals surface area contributed by atoms with Crippen molar-refractivity contribution < 1.29 is 14.2 Å². The maximum atomic E-state index is 13.1. The summed E-state index contributed by atoms with van der Waals surface area (Å²) in [6.45, 7) is 9.80. The number of para-hydroxylation sites is 2. The van der Waals surface area contributed by atoms with Gasteiger partial charge in [-0.05, 0) is 65.9 Å². The van der Waals surface area contributed by atoms with Crippen LogP contribution in [0.4, 0.5) is 0 Å². The summed E-state index contributed by atoms with van der Waals surface area (Å²) in [7, 11) is 0. The van der Waals surface area contributed by atoms with E-state index in [4.69, 9.17) is 14.2 Å². The predicted molar refractivity (Wildman–Crippen MR) is 149 cm³/mol. The highest BCUT2D eigenvalue weighted by atomic mass is 32.1. The molecule has 0 aliphatic carbocycles. The van der Waals surface area contributed by atoms with Gasteiger partial charge in [0.1, 0.15) is 19.0 Å². The molecule has 0 radical (unpaired) electrons. The molecule has 6 nitrogen and oxygen atoms in total. The van der Waals surface area contributed by atoms with E-state index in [0.29, 0.717) is 40.8 Å². The van der Waals surface area contributed by atoms with Crippen LogP contribution < -0.4 is 24.3 Å². The molecule has 0 aliphatic heterocycles. The second-order valence-electron chi connectivity index (χ2n) is 9.74. The molecular formula is C30H30N2O4S. The Labute approximate surface area is 219 Å². The largest absolute Gasteiger partial charge is 0.490 e. The third-order valence-corrected chi connectivity index (χ3v) is 7.01. The summed E-state index contributed by atoms with van der Waals surface area (Å²) >= 11 is 1.38. The molecule has 0 unspecified atom stereocenters. The van der Waals surface area contributed by atoms with Crippen molar-refractivity contribution in [2.75, 3.05) is 19.8 Å². The molecule has 7 heteroatoms. The molecule has 0 N–H and O–H groups in total. The monoisotopic (exact) mass is 514 g/mol. The number of aromatic nitrogens is 2. The van der Waals surface area contributed by atoms with Crippen molar-refractivity contribution >= 4 is 33.4 Å². The zero-order valence-corrected chi connectivity index (χ0v) is 22.3. The topological polar surface area (TPSA) is 62.1 Å². The number of imidazole rings is 1. The lowest BCUT2D eigenvalue weighted by Gasteiger charge is -2.19. The maximum Gasteiger partial charge on any atom is 0.274 e. The minimum Gasteiger partial charge on any atom is -0.490 e. The molecule has 2 aromatic heterocycles. The van der Waals surface area contributed by atoms with E-state index in [1.807, 2.05) is 67.6 Å². The van der Waals surface area contributed by atoms with Crippen LogP contribution in [0.5, 0.6) is 17.2 Å². The van der Waals surface area contributed by atoms with Crippen LogP contribution in [0.25, 0.3) is 22.1 Å². The van der Waals surface area contributed by atoms with Crippen molar-refractivity contribution in [3.63, 3.8) is 0 Å². The van der Waals surface area contributed by atoms with Gasteiger partial charge in [-0.3, -0.25) is 4.79 Å². The van der Waals surface area contributed by atoms with Gasteiger partial charge in [0.15, 0.2) is 16.5 Å². The fraction of sp³-hybridized carbons (Fsp3) is 0.267. The third kappa shape index (κ3) is 5.32. The van der Waals surface area contributed by atoms with Crippen molar-refractivity contribution in [1.82, 2.24) is 9.38 Å². The Hall–Kier alpha value is -3.84. The first-order valence-electron chi connectivity index (χ1n) is 12.4. The van der Waals surface area contributed by atoms with Crippen LogP contribution in [-0.4, -0.2) is 29.2 Å². The lowest BCUT2D eigenvalue weighted by Crippen LogP contribution is -2.22. The third-order valence-electron chi connectivity index (χ3n) is 6.04. The van der Waals surface area contributed by atoms with Crippen LogP contribution in [0.3, 0.4) is 0 Å². The average Bonchev–Trinajstić information content (AvgIpc) is 3.38. The van der Waals surface area contributed by atoms with Gasteiger partial charge in [0.2, 0.25) is 0 Å². The second-order valence-corrected chi connectivity index (χ2v) is 10.8. The first-order valence-corrected chi connectivity index (χ1v) is 13.2. The fourth-order valence-corrected chi connectivity index (χ4v) is 5.11. The van der Waals surface area contributed by atoms with Gasteiger partial charge in [0.25, 0.3) is 5.56 Å². The molecule has 0 saturated carbocycles. The van der Waals surface area contributed by atoms with Crippen molar-refractivity contribution in [3.05, 3.63) is 92.7 Å². The summed E-state index contributed by atoms with van der Waals surface area (Å²) < 4.78 is 19.9. The lowest BCUT2D eigenvalue weighted by molar-refractivity contribution is 0.208. The van der Waals surface area contributed by atoms with Gasteiger partial charge in [-0.25, -0.2) is 9.38 Å². The van der Waals surface area contributed by atoms with Crippen molar-refractivity contribution in [1.29, 1.82) is 0 Å². The zero-order chi connectivity index (χ0) is 26.0. The standard InChI is InChI=1S/C30H30N2O4S/c1-5-34-26-18-20(19-27-28(33)32-24-9-7-6-8-23(24)31-29(32)37-27)10-15-25(26)36-17-16-35-22-13-11-21(12-14-22)30(2,3)4/h6-15,18-19H,5,16-17H2,1-4H3. The minimum atomic E-state index is -0.0698. The van der Waals surface area contributed by atoms with Crippen LogP contribution in [0, 0.1) is 0 Å². The quantitative estimate of drug-likeness (QED) is 0.252. The predicted octanol–water partition coefficient (Wildman–Crippen LogP) is 5.61. The summed E-state index contributed by atoms with van der Waals surface area (Å²) in [6.07, 6.45) is 1.87. The number of rotatable bonds is 8. The van der Waals surface area contributed by atoms with Gasteiger partial charge in [0.05, 0.1) is 22.2 Å². The molecule has 0 amide bonds. The molecule has 2 heterocycles. The second kappa shape index (κ2) is 10.3. The number of ether oxygens (including phenoxy) is 3. The molecule has 0 atom stereocenters. The summed E-state index contributed by atoms with van der Waals surface area (Å²) in [5.74, 6) is 2.08. The zero-order valence-electron chi connectivity index (χ0n) is 21.5. The molecule has 0 aliphatic rings. The van der Waals surface area contributed by atoms with E-state index >= 15 is 0 Å². The molecule has 190 valence electrons. The lowest BCUT2D eigenvalue weighted by atomic mass is 9.87. The summed E-state index contributed by atoms with van der Waals surface area (Å²) in [6, 6.07) is 21.5. The highest BCUT2D eigenvalue weighted by molar-refractivity contribution is 7.15. The van der Waals surface area contributed by atoms with E-state index in [9.17, 15) is 4.79 Å². The van der Waals surface area contributed by atoms with Gasteiger partial charge in [-0.2, -0.15) is 0 Å². The van der Waals surface area contributed by atoms with Gasteiger partial charge in [-0.15, -0.1) is 0 Å². The minimum absolute atomic E-state index is 0.0698. The Bertz CT molecular complexity index is 1650. The summed E-state index contributed by atoms with van der Waals surface area (Å²) in [5, 5.41) is 0. The van der Waals surface area contributed by atoms with Crippen molar-refractivity contribution in [2.24, 2.45) is 0 Å². The fourth-order valence-electron chi connectivity index (χ4n) is 4.13. The molecule has 3 aromatic carbocycles. The molecule has 0 saturated heterocycles. The Morgan fingerprint density at radius 2 is 1.68 bits per heavy atom. The van der Waals surface area contributed by atoms with Crippen LogP contribution in [0.1, 0.15) is 38.8 Å². The van der Waals surface area contributed by atoms with Gasteiger partial charge in [-0.1, -0.05) is 62.4 Å². The molecular weight excluding hydrogens is 484 g/mol. The van der Waals surface area contributed by atoms with Gasteiger partial charge >= 0.3 is 0 Å². The smallest absolute Gasteiger partial charge is 0.274 e. The molecule has 5 aromatic rings. The first kappa shape index (κ1) is 24.8. The Morgan fingerprint density at radius 3 is 2.43 bits per heavy atom. The molecule has 5 rings (SSSR count). The molecule has 37 heavy (non-hydrogen) atoms. The Balaban J connectivity index is 1.30. The Morgan fingerprint density at radius 1 is 0.919 bits per heavy atom. The van der Waals surface area contributed by atoms with E-state index in [1.165, 1.54) is 16.9 Å². The number of hydrogen-bond donors (Lipinski definition) is 0. The van der Waals surface area contributed by atoms with Gasteiger partial charge in [0, 0.05) is 0 Å². The number of thiazole rings is 1. The van der Waals surface area contributed by atoms with Crippen LogP contribution in [-0.2, 0) is 5.41 Å². The first-order chi connectivity index (χ1) is 17.8. The SMILES string of the molecule is CCOc1cc(C=c2sc3nc4ccccc4n3c2=O)ccc1OCCOc1ccc(C(C)(C)C)cc1. The number of nitrogens with zero attached hydrogens (tertiary/aromatic N) is 2. The summed E-state index contributed by atoms with van der Waals surface area (Å²) in [5.41, 5.74) is 3.81. The average molecular weight is 515 g/mol. The highest BCUT2D eigenvalue weighted by Gasteiger charge is 2.14. The molecule has 0 fully saturated rings. The van der Waals surface area contributed by atoms with Crippen LogP contribution in [0.2, 0.25) is 0 Å². The summed E-state index contributed by atoms with van der Waals surface area (Å²) in [4.78, 5) is 18.3.